The molecule has 1 aliphatic heterocycles. The van der Waals surface area contributed by atoms with Gasteiger partial charge in [-0.3, -0.25) is 4.79 Å². The van der Waals surface area contributed by atoms with Crippen LogP contribution in [0.2, 0.25) is 5.02 Å². The SMILES string of the molecule is O=C(C[C@@H]1OC(=O)c2ccccc21)NCc1ccc(Cl)cc1. The normalized spacial score (nSPS) is 16.0. The predicted octanol–water partition coefficient (Wildman–Crippen LogP) is 3.26. The van der Waals surface area contributed by atoms with Crippen molar-refractivity contribution in [1.82, 2.24) is 5.32 Å². The molecule has 0 aliphatic carbocycles. The number of ether oxygens (including phenoxy) is 1. The first-order valence-corrected chi connectivity index (χ1v) is 7.32. The molecule has 0 fully saturated rings. The van der Waals surface area contributed by atoms with E-state index in [1.807, 2.05) is 24.3 Å². The minimum absolute atomic E-state index is 0.121. The average Bonchev–Trinajstić information content (AvgIpc) is 2.83. The summed E-state index contributed by atoms with van der Waals surface area (Å²) in [5.74, 6) is -0.532. The van der Waals surface area contributed by atoms with Crippen LogP contribution in [0.15, 0.2) is 48.5 Å². The Labute approximate surface area is 133 Å². The van der Waals surface area contributed by atoms with Crippen LogP contribution in [0, 0.1) is 0 Å². The van der Waals surface area contributed by atoms with Crippen molar-refractivity contribution in [2.45, 2.75) is 19.1 Å². The Hall–Kier alpha value is -2.33. The van der Waals surface area contributed by atoms with Crippen molar-refractivity contribution in [3.63, 3.8) is 0 Å². The number of cyclic esters (lactones) is 1. The van der Waals surface area contributed by atoms with E-state index in [-0.39, 0.29) is 18.3 Å². The first kappa shape index (κ1) is 14.6. The van der Waals surface area contributed by atoms with Crippen molar-refractivity contribution in [1.29, 1.82) is 0 Å². The molecule has 112 valence electrons. The largest absolute Gasteiger partial charge is 0.453 e. The second-order valence-corrected chi connectivity index (χ2v) is 5.52. The number of hydrogen-bond donors (Lipinski definition) is 1. The highest BCUT2D eigenvalue weighted by Gasteiger charge is 2.31. The molecule has 4 nitrogen and oxygen atoms in total. The van der Waals surface area contributed by atoms with Crippen LogP contribution in [0.1, 0.15) is 34.0 Å². The van der Waals surface area contributed by atoms with Gasteiger partial charge >= 0.3 is 5.97 Å². The van der Waals surface area contributed by atoms with Crippen LogP contribution in [0.5, 0.6) is 0 Å². The Morgan fingerprint density at radius 1 is 1.14 bits per heavy atom. The zero-order chi connectivity index (χ0) is 15.5. The van der Waals surface area contributed by atoms with Gasteiger partial charge in [0.2, 0.25) is 5.91 Å². The number of benzene rings is 2. The van der Waals surface area contributed by atoms with E-state index < -0.39 is 6.10 Å². The van der Waals surface area contributed by atoms with E-state index in [9.17, 15) is 9.59 Å². The lowest BCUT2D eigenvalue weighted by Crippen LogP contribution is -2.24. The molecule has 1 N–H and O–H groups in total. The third kappa shape index (κ3) is 3.12. The molecule has 0 unspecified atom stereocenters. The van der Waals surface area contributed by atoms with Crippen LogP contribution in [-0.2, 0) is 16.1 Å². The average molecular weight is 316 g/mol. The number of hydrogen-bond acceptors (Lipinski definition) is 3. The fourth-order valence-electron chi connectivity index (χ4n) is 2.41. The lowest BCUT2D eigenvalue weighted by Gasteiger charge is -2.11. The molecular formula is C17H14ClNO3. The van der Waals surface area contributed by atoms with Gasteiger partial charge in [0.15, 0.2) is 0 Å². The molecule has 1 amide bonds. The number of carbonyl (C=O) groups excluding carboxylic acids is 2. The molecular weight excluding hydrogens is 302 g/mol. The zero-order valence-corrected chi connectivity index (χ0v) is 12.5. The maximum absolute atomic E-state index is 12.0. The van der Waals surface area contributed by atoms with Gasteiger partial charge in [-0.1, -0.05) is 41.9 Å². The molecule has 1 heterocycles. The molecule has 0 spiro atoms. The maximum atomic E-state index is 12.0. The highest BCUT2D eigenvalue weighted by molar-refractivity contribution is 6.30. The smallest absolute Gasteiger partial charge is 0.339 e. The van der Waals surface area contributed by atoms with Crippen molar-refractivity contribution in [3.05, 3.63) is 70.2 Å². The third-order valence-electron chi connectivity index (χ3n) is 3.55. The lowest BCUT2D eigenvalue weighted by molar-refractivity contribution is -0.123. The number of halogens is 1. The number of rotatable bonds is 4. The molecule has 22 heavy (non-hydrogen) atoms. The topological polar surface area (TPSA) is 55.4 Å². The number of nitrogens with one attached hydrogen (secondary N) is 1. The van der Waals surface area contributed by atoms with E-state index in [0.717, 1.165) is 11.1 Å². The lowest BCUT2D eigenvalue weighted by atomic mass is 10.0. The minimum Gasteiger partial charge on any atom is -0.453 e. The van der Waals surface area contributed by atoms with Crippen LogP contribution in [0.3, 0.4) is 0 Å². The highest BCUT2D eigenvalue weighted by atomic mass is 35.5. The van der Waals surface area contributed by atoms with Gasteiger partial charge in [0, 0.05) is 17.1 Å². The van der Waals surface area contributed by atoms with Gasteiger partial charge in [-0.05, 0) is 23.8 Å². The predicted molar refractivity (Wildman–Crippen MR) is 82.5 cm³/mol. The standard InChI is InChI=1S/C17H14ClNO3/c18-12-7-5-11(6-8-12)10-19-16(20)9-15-13-3-1-2-4-14(13)17(21)22-15/h1-8,15H,9-10H2,(H,19,20)/t15-/m0/s1. The summed E-state index contributed by atoms with van der Waals surface area (Å²) in [7, 11) is 0. The van der Waals surface area contributed by atoms with Gasteiger partial charge in [0.1, 0.15) is 6.10 Å². The highest BCUT2D eigenvalue weighted by Crippen LogP contribution is 2.32. The summed E-state index contributed by atoms with van der Waals surface area (Å²) >= 11 is 5.81. The van der Waals surface area contributed by atoms with E-state index in [2.05, 4.69) is 5.32 Å². The van der Waals surface area contributed by atoms with Crippen molar-refractivity contribution >= 4 is 23.5 Å². The second-order valence-electron chi connectivity index (χ2n) is 5.09. The van der Waals surface area contributed by atoms with Gasteiger partial charge in [-0.25, -0.2) is 4.79 Å². The fraction of sp³-hybridized carbons (Fsp3) is 0.176. The van der Waals surface area contributed by atoms with Gasteiger partial charge in [0.25, 0.3) is 0 Å². The zero-order valence-electron chi connectivity index (χ0n) is 11.7. The summed E-state index contributed by atoms with van der Waals surface area (Å²) in [5.41, 5.74) is 2.27. The van der Waals surface area contributed by atoms with E-state index in [1.54, 1.807) is 24.3 Å². The molecule has 1 atom stereocenters. The summed E-state index contributed by atoms with van der Waals surface area (Å²) < 4.78 is 5.25. The number of fused-ring (bicyclic) bond motifs is 1. The molecule has 3 rings (SSSR count). The van der Waals surface area contributed by atoms with Crippen LogP contribution in [0.4, 0.5) is 0 Å². The summed E-state index contributed by atoms with van der Waals surface area (Å²) in [6, 6.07) is 14.4. The Morgan fingerprint density at radius 3 is 2.64 bits per heavy atom. The van der Waals surface area contributed by atoms with Crippen LogP contribution in [0.25, 0.3) is 0 Å². The van der Waals surface area contributed by atoms with Crippen molar-refractivity contribution in [2.75, 3.05) is 0 Å². The summed E-state index contributed by atoms with van der Waals surface area (Å²) in [6.07, 6.45) is -0.384. The van der Waals surface area contributed by atoms with Gasteiger partial charge in [0.05, 0.1) is 12.0 Å². The molecule has 5 heteroatoms. The minimum atomic E-state index is -0.506. The van der Waals surface area contributed by atoms with Gasteiger partial charge < -0.3 is 10.1 Å². The van der Waals surface area contributed by atoms with Gasteiger partial charge in [-0.2, -0.15) is 0 Å². The van der Waals surface area contributed by atoms with Gasteiger partial charge in [-0.15, -0.1) is 0 Å². The van der Waals surface area contributed by atoms with E-state index in [0.29, 0.717) is 17.1 Å². The Balaban J connectivity index is 1.59. The molecule has 0 aromatic heterocycles. The van der Waals surface area contributed by atoms with Crippen molar-refractivity contribution < 1.29 is 14.3 Å². The molecule has 0 saturated heterocycles. The number of amides is 1. The molecule has 2 aromatic carbocycles. The Morgan fingerprint density at radius 2 is 1.86 bits per heavy atom. The second kappa shape index (κ2) is 6.20. The molecule has 0 saturated carbocycles. The molecule has 1 aliphatic rings. The monoisotopic (exact) mass is 315 g/mol. The van der Waals surface area contributed by atoms with Crippen molar-refractivity contribution in [2.24, 2.45) is 0 Å². The molecule has 0 radical (unpaired) electrons. The first-order valence-electron chi connectivity index (χ1n) is 6.94. The molecule has 2 aromatic rings. The number of esters is 1. The van der Waals surface area contributed by atoms with Crippen LogP contribution < -0.4 is 5.32 Å². The van der Waals surface area contributed by atoms with Crippen LogP contribution >= 0.6 is 11.6 Å². The maximum Gasteiger partial charge on any atom is 0.339 e. The Bertz CT molecular complexity index is 712. The summed E-state index contributed by atoms with van der Waals surface area (Å²) in [6.45, 7) is 0.415. The van der Waals surface area contributed by atoms with E-state index >= 15 is 0 Å². The summed E-state index contributed by atoms with van der Waals surface area (Å²) in [4.78, 5) is 23.7. The van der Waals surface area contributed by atoms with Crippen molar-refractivity contribution in [3.8, 4) is 0 Å². The van der Waals surface area contributed by atoms with Crippen LogP contribution in [-0.4, -0.2) is 11.9 Å². The first-order chi connectivity index (χ1) is 10.6. The molecule has 0 bridgehead atoms. The third-order valence-corrected chi connectivity index (χ3v) is 3.80. The number of carbonyl (C=O) groups is 2. The van der Waals surface area contributed by atoms with E-state index in [4.69, 9.17) is 16.3 Å². The fourth-order valence-corrected chi connectivity index (χ4v) is 2.54. The summed E-state index contributed by atoms with van der Waals surface area (Å²) in [5, 5.41) is 3.47. The quantitative estimate of drug-likeness (QED) is 0.881. The van der Waals surface area contributed by atoms with E-state index in [1.165, 1.54) is 0 Å². The Kier molecular flexibility index (Phi) is 4.11.